The zero-order valence-corrected chi connectivity index (χ0v) is 12.1. The van der Waals surface area contributed by atoms with Crippen LogP contribution < -0.4 is 10.6 Å². The van der Waals surface area contributed by atoms with E-state index in [2.05, 4.69) is 22.3 Å². The largest absolute Gasteiger partial charge is 0.348 e. The average Bonchev–Trinajstić information content (AvgIpc) is 2.96. The molecular weight excluding hydrogens is 302 g/mol. The number of amides is 1. The first-order valence-corrected chi connectivity index (χ1v) is 6.92. The molecule has 0 saturated carbocycles. The minimum atomic E-state index is -2.72. The van der Waals surface area contributed by atoms with Crippen LogP contribution in [-0.4, -0.2) is 22.1 Å². The van der Waals surface area contributed by atoms with E-state index in [-0.39, 0.29) is 22.8 Å². The van der Waals surface area contributed by atoms with Crippen molar-refractivity contribution in [1.82, 2.24) is 15.1 Å². The molecule has 5 nitrogen and oxygen atoms in total. The maximum Gasteiger partial charge on any atom is 0.280 e. The van der Waals surface area contributed by atoms with Gasteiger partial charge in [0, 0.05) is 12.2 Å². The average molecular weight is 316 g/mol. The monoisotopic (exact) mass is 316 g/mol. The minimum Gasteiger partial charge on any atom is -0.348 e. The molecular formula is C16H14F2N4O. The second kappa shape index (κ2) is 6.04. The highest BCUT2D eigenvalue weighted by Gasteiger charge is 2.26. The maximum absolute atomic E-state index is 13.1. The van der Waals surface area contributed by atoms with Crippen molar-refractivity contribution >= 4 is 17.4 Å². The molecule has 1 aliphatic heterocycles. The van der Waals surface area contributed by atoms with Gasteiger partial charge in [0.15, 0.2) is 0 Å². The lowest BCUT2D eigenvalue weighted by atomic mass is 10.2. The number of hydrogen-bond acceptors (Lipinski definition) is 3. The van der Waals surface area contributed by atoms with Crippen LogP contribution in [0.2, 0.25) is 0 Å². The number of halogens is 2. The summed E-state index contributed by atoms with van der Waals surface area (Å²) in [4.78, 5) is 12.3. The van der Waals surface area contributed by atoms with Crippen LogP contribution in [0.5, 0.6) is 0 Å². The van der Waals surface area contributed by atoms with Gasteiger partial charge in [-0.15, -0.1) is 0 Å². The summed E-state index contributed by atoms with van der Waals surface area (Å²) in [5.74, 6) is -0.204. The van der Waals surface area contributed by atoms with Crippen LogP contribution >= 0.6 is 0 Å². The predicted octanol–water partition coefficient (Wildman–Crippen LogP) is 2.86. The van der Waals surface area contributed by atoms with E-state index in [1.165, 1.54) is 12.3 Å². The first-order valence-electron chi connectivity index (χ1n) is 6.92. The highest BCUT2D eigenvalue weighted by molar-refractivity contribution is 6.00. The van der Waals surface area contributed by atoms with E-state index in [1.54, 1.807) is 0 Å². The van der Waals surface area contributed by atoms with Crippen molar-refractivity contribution in [3.8, 4) is 0 Å². The van der Waals surface area contributed by atoms with Gasteiger partial charge in [-0.25, -0.2) is 13.5 Å². The number of alkyl halides is 2. The molecule has 1 aromatic carbocycles. The van der Waals surface area contributed by atoms with Gasteiger partial charge in [0.05, 0.1) is 6.20 Å². The van der Waals surface area contributed by atoms with Gasteiger partial charge in [0.25, 0.3) is 12.3 Å². The molecule has 1 amide bonds. The molecule has 0 aliphatic carbocycles. The molecule has 0 radical (unpaired) electrons. The Kier molecular flexibility index (Phi) is 3.92. The van der Waals surface area contributed by atoms with E-state index >= 15 is 0 Å². The third-order valence-electron chi connectivity index (χ3n) is 3.38. The summed E-state index contributed by atoms with van der Waals surface area (Å²) in [6.07, 6.45) is -0.249. The van der Waals surface area contributed by atoms with Crippen molar-refractivity contribution in [2.45, 2.75) is 13.0 Å². The summed E-state index contributed by atoms with van der Waals surface area (Å²) in [6.45, 7) is 3.96. The minimum absolute atomic E-state index is 0.188. The molecule has 2 aromatic rings. The Morgan fingerprint density at radius 3 is 2.78 bits per heavy atom. The molecule has 118 valence electrons. The molecule has 0 fully saturated rings. The predicted molar refractivity (Wildman–Crippen MR) is 82.9 cm³/mol. The van der Waals surface area contributed by atoms with Crippen LogP contribution in [0.3, 0.4) is 0 Å². The number of fused-ring (bicyclic) bond motifs is 1. The summed E-state index contributed by atoms with van der Waals surface area (Å²) >= 11 is 0. The van der Waals surface area contributed by atoms with E-state index in [9.17, 15) is 13.6 Å². The van der Waals surface area contributed by atoms with E-state index < -0.39 is 12.3 Å². The highest BCUT2D eigenvalue weighted by atomic mass is 19.3. The van der Waals surface area contributed by atoms with Crippen molar-refractivity contribution in [2.24, 2.45) is 0 Å². The number of aromatic nitrogens is 2. The van der Waals surface area contributed by atoms with E-state index in [1.807, 2.05) is 30.3 Å². The van der Waals surface area contributed by atoms with Crippen molar-refractivity contribution in [1.29, 1.82) is 0 Å². The summed E-state index contributed by atoms with van der Waals surface area (Å²) < 4.78 is 27.1. The van der Waals surface area contributed by atoms with Crippen LogP contribution in [0, 0.1) is 0 Å². The third kappa shape index (κ3) is 2.98. The highest BCUT2D eigenvalue weighted by Crippen LogP contribution is 2.29. The molecule has 2 N–H and O–H groups in total. The lowest BCUT2D eigenvalue weighted by Gasteiger charge is -2.19. The van der Waals surface area contributed by atoms with Crippen LogP contribution in [0.1, 0.15) is 15.9 Å². The Bertz CT molecular complexity index is 781. The lowest BCUT2D eigenvalue weighted by molar-refractivity contribution is 0.0951. The molecule has 23 heavy (non-hydrogen) atoms. The Labute approximate surface area is 131 Å². The first kappa shape index (κ1) is 15.0. The smallest absolute Gasteiger partial charge is 0.280 e. The van der Waals surface area contributed by atoms with Crippen molar-refractivity contribution in [3.63, 3.8) is 0 Å². The fraction of sp³-hybridized carbons (Fsp3) is 0.125. The molecule has 7 heteroatoms. The maximum atomic E-state index is 13.1. The Hall–Kier alpha value is -2.96. The summed E-state index contributed by atoms with van der Waals surface area (Å²) in [5.41, 5.74) is 1.09. The van der Waals surface area contributed by atoms with Crippen LogP contribution in [0.4, 0.5) is 14.6 Å². The summed E-state index contributed by atoms with van der Waals surface area (Å²) in [7, 11) is 0. The van der Waals surface area contributed by atoms with E-state index in [0.29, 0.717) is 6.54 Å². The molecule has 0 saturated heterocycles. The van der Waals surface area contributed by atoms with Crippen LogP contribution in [-0.2, 0) is 6.54 Å². The van der Waals surface area contributed by atoms with E-state index in [4.69, 9.17) is 0 Å². The van der Waals surface area contributed by atoms with Crippen molar-refractivity contribution < 1.29 is 13.6 Å². The van der Waals surface area contributed by atoms with Crippen LogP contribution in [0.15, 0.2) is 54.9 Å². The van der Waals surface area contributed by atoms with Gasteiger partial charge in [0.2, 0.25) is 0 Å². The summed E-state index contributed by atoms with van der Waals surface area (Å²) in [5, 5.41) is 9.42. The number of nitrogens with zero attached hydrogens (tertiary/aromatic N) is 2. The number of hydrogen-bond donors (Lipinski definition) is 2. The second-order valence-corrected chi connectivity index (χ2v) is 5.01. The molecule has 0 unspecified atom stereocenters. The molecule has 1 aromatic heterocycles. The summed E-state index contributed by atoms with van der Waals surface area (Å²) in [6, 6.07) is 9.38. The molecule has 2 heterocycles. The number of allylic oxidation sites excluding steroid dienone is 2. The number of carbonyl (C=O) groups is 1. The SMILES string of the molecule is C=C1C=C(C(F)F)n2ncc(C(=O)NCc3ccccc3)c2N1. The van der Waals surface area contributed by atoms with Gasteiger partial charge in [-0.05, 0) is 11.6 Å². The van der Waals surface area contributed by atoms with Crippen molar-refractivity contribution in [2.75, 3.05) is 5.32 Å². The fourth-order valence-electron chi connectivity index (χ4n) is 2.29. The molecule has 0 spiro atoms. The Balaban J connectivity index is 1.81. The van der Waals surface area contributed by atoms with Crippen molar-refractivity contribution in [3.05, 3.63) is 66.0 Å². The van der Waals surface area contributed by atoms with Gasteiger partial charge >= 0.3 is 0 Å². The number of nitrogens with one attached hydrogen (secondary N) is 2. The normalized spacial score (nSPS) is 13.3. The number of carbonyl (C=O) groups excluding carboxylic acids is 1. The Morgan fingerprint density at radius 2 is 2.09 bits per heavy atom. The third-order valence-corrected chi connectivity index (χ3v) is 3.38. The van der Waals surface area contributed by atoms with Gasteiger partial charge in [0.1, 0.15) is 17.1 Å². The zero-order chi connectivity index (χ0) is 16.4. The number of benzene rings is 1. The fourth-order valence-corrected chi connectivity index (χ4v) is 2.29. The Morgan fingerprint density at radius 1 is 1.35 bits per heavy atom. The van der Waals surface area contributed by atoms with Gasteiger partial charge in [-0.3, -0.25) is 4.79 Å². The van der Waals surface area contributed by atoms with E-state index in [0.717, 1.165) is 10.2 Å². The first-order chi connectivity index (χ1) is 11.1. The zero-order valence-electron chi connectivity index (χ0n) is 12.1. The molecule has 0 atom stereocenters. The van der Waals surface area contributed by atoms with Gasteiger partial charge in [-0.1, -0.05) is 36.9 Å². The molecule has 3 rings (SSSR count). The molecule has 0 bridgehead atoms. The standard InChI is InChI=1S/C16H14F2N4O/c1-10-7-13(14(17)18)22-15(21-10)12(9-20-22)16(23)19-8-11-5-3-2-4-6-11/h2-7,9,14,21H,1,8H2,(H,19,23). The lowest BCUT2D eigenvalue weighted by Crippen LogP contribution is -2.24. The number of rotatable bonds is 4. The van der Waals surface area contributed by atoms with Crippen LogP contribution in [0.25, 0.3) is 5.70 Å². The topological polar surface area (TPSA) is 59.0 Å². The number of anilines is 1. The second-order valence-electron chi connectivity index (χ2n) is 5.01. The van der Waals surface area contributed by atoms with Gasteiger partial charge in [-0.2, -0.15) is 5.10 Å². The quantitative estimate of drug-likeness (QED) is 0.912. The molecule has 1 aliphatic rings. The van der Waals surface area contributed by atoms with Gasteiger partial charge < -0.3 is 10.6 Å².